The van der Waals surface area contributed by atoms with Gasteiger partial charge in [-0.1, -0.05) is 26.0 Å². The van der Waals surface area contributed by atoms with E-state index in [1.54, 1.807) is 13.8 Å². The third-order valence-electron chi connectivity index (χ3n) is 2.13. The van der Waals surface area contributed by atoms with Crippen molar-refractivity contribution in [2.24, 2.45) is 5.41 Å². The molecule has 0 aliphatic rings. The Morgan fingerprint density at radius 2 is 1.93 bits per heavy atom. The maximum atomic E-state index is 13.2. The summed E-state index contributed by atoms with van der Waals surface area (Å²) in [6.07, 6.45) is 0.326. The van der Waals surface area contributed by atoms with Crippen LogP contribution in [-0.4, -0.2) is 11.7 Å². The number of aliphatic hydroxyl groups is 1. The molecule has 0 atom stereocenters. The normalized spacial score (nSPS) is 11.8. The molecule has 0 heterocycles. The SMILES string of the molecule is CC(C)(CO)Cc1cccc(F)c1F. The van der Waals surface area contributed by atoms with Crippen molar-refractivity contribution >= 4 is 0 Å². The second kappa shape index (κ2) is 4.05. The first kappa shape index (κ1) is 11.1. The first-order chi connectivity index (χ1) is 6.46. The molecule has 3 heteroatoms. The number of rotatable bonds is 3. The molecule has 1 N–H and O–H groups in total. The van der Waals surface area contributed by atoms with Crippen LogP contribution in [-0.2, 0) is 6.42 Å². The molecule has 0 aromatic heterocycles. The van der Waals surface area contributed by atoms with Crippen molar-refractivity contribution in [2.45, 2.75) is 20.3 Å². The summed E-state index contributed by atoms with van der Waals surface area (Å²) in [4.78, 5) is 0. The van der Waals surface area contributed by atoms with Crippen LogP contribution in [0.4, 0.5) is 8.78 Å². The number of hydrogen-bond acceptors (Lipinski definition) is 1. The van der Waals surface area contributed by atoms with Gasteiger partial charge in [0.05, 0.1) is 0 Å². The van der Waals surface area contributed by atoms with Crippen LogP contribution < -0.4 is 0 Å². The summed E-state index contributed by atoms with van der Waals surface area (Å²) >= 11 is 0. The minimum atomic E-state index is -0.837. The second-order valence-corrected chi connectivity index (χ2v) is 4.21. The molecular weight excluding hydrogens is 186 g/mol. The van der Waals surface area contributed by atoms with Gasteiger partial charge in [-0.05, 0) is 23.5 Å². The molecular formula is C11H14F2O. The Labute approximate surface area is 82.4 Å². The van der Waals surface area contributed by atoms with Crippen LogP contribution in [0, 0.1) is 17.0 Å². The van der Waals surface area contributed by atoms with Crippen LogP contribution in [0.3, 0.4) is 0 Å². The Hall–Kier alpha value is -0.960. The maximum Gasteiger partial charge on any atom is 0.162 e. The molecule has 0 aliphatic carbocycles. The summed E-state index contributed by atoms with van der Waals surface area (Å²) in [5.41, 5.74) is -0.113. The molecule has 0 saturated heterocycles. The Balaban J connectivity index is 2.92. The van der Waals surface area contributed by atoms with E-state index < -0.39 is 17.0 Å². The molecule has 78 valence electrons. The van der Waals surface area contributed by atoms with Gasteiger partial charge in [-0.3, -0.25) is 0 Å². The molecule has 0 bridgehead atoms. The van der Waals surface area contributed by atoms with E-state index in [-0.39, 0.29) is 6.61 Å². The van der Waals surface area contributed by atoms with Gasteiger partial charge in [-0.2, -0.15) is 0 Å². The topological polar surface area (TPSA) is 20.2 Å². The van der Waals surface area contributed by atoms with E-state index in [4.69, 9.17) is 5.11 Å². The zero-order valence-electron chi connectivity index (χ0n) is 8.35. The molecule has 1 aromatic carbocycles. The lowest BCUT2D eigenvalue weighted by Crippen LogP contribution is -2.20. The summed E-state index contributed by atoms with van der Waals surface area (Å²) in [5, 5.41) is 9.00. The molecule has 0 unspecified atom stereocenters. The van der Waals surface area contributed by atoms with E-state index in [9.17, 15) is 8.78 Å². The largest absolute Gasteiger partial charge is 0.396 e. The fraction of sp³-hybridized carbons (Fsp3) is 0.455. The highest BCUT2D eigenvalue weighted by atomic mass is 19.2. The van der Waals surface area contributed by atoms with Crippen molar-refractivity contribution < 1.29 is 13.9 Å². The average Bonchev–Trinajstić information content (AvgIpc) is 2.13. The minimum absolute atomic E-state index is 0.0526. The molecule has 1 rings (SSSR count). The monoisotopic (exact) mass is 200 g/mol. The maximum absolute atomic E-state index is 13.2. The highest BCUT2D eigenvalue weighted by molar-refractivity contribution is 5.20. The lowest BCUT2D eigenvalue weighted by Gasteiger charge is -2.21. The van der Waals surface area contributed by atoms with E-state index in [1.807, 2.05) is 0 Å². The second-order valence-electron chi connectivity index (χ2n) is 4.21. The third-order valence-corrected chi connectivity index (χ3v) is 2.13. The van der Waals surface area contributed by atoms with Gasteiger partial charge in [0, 0.05) is 6.61 Å². The lowest BCUT2D eigenvalue weighted by atomic mass is 9.86. The predicted molar refractivity (Wildman–Crippen MR) is 50.9 cm³/mol. The number of aliphatic hydroxyl groups excluding tert-OH is 1. The summed E-state index contributed by atoms with van der Waals surface area (Å²) in [6, 6.07) is 4.10. The summed E-state index contributed by atoms with van der Waals surface area (Å²) in [6.45, 7) is 3.55. The lowest BCUT2D eigenvalue weighted by molar-refractivity contribution is 0.158. The number of benzene rings is 1. The standard InChI is InChI=1S/C11H14F2O/c1-11(2,7-14)6-8-4-3-5-9(12)10(8)13/h3-5,14H,6-7H2,1-2H3. The van der Waals surface area contributed by atoms with Gasteiger partial charge in [-0.25, -0.2) is 8.78 Å². The fourth-order valence-corrected chi connectivity index (χ4v) is 1.26. The van der Waals surface area contributed by atoms with Gasteiger partial charge in [0.25, 0.3) is 0 Å². The Morgan fingerprint density at radius 3 is 2.50 bits per heavy atom. The van der Waals surface area contributed by atoms with Crippen molar-refractivity contribution in [3.63, 3.8) is 0 Å². The quantitative estimate of drug-likeness (QED) is 0.794. The van der Waals surface area contributed by atoms with Gasteiger partial charge >= 0.3 is 0 Å². The van der Waals surface area contributed by atoms with Crippen LogP contribution >= 0.6 is 0 Å². The Morgan fingerprint density at radius 1 is 1.29 bits per heavy atom. The van der Waals surface area contributed by atoms with E-state index in [0.717, 1.165) is 6.07 Å². The third kappa shape index (κ3) is 2.51. The van der Waals surface area contributed by atoms with Crippen LogP contribution in [0.1, 0.15) is 19.4 Å². The first-order valence-electron chi connectivity index (χ1n) is 4.50. The van der Waals surface area contributed by atoms with Gasteiger partial charge in [-0.15, -0.1) is 0 Å². The number of halogens is 2. The summed E-state index contributed by atoms with van der Waals surface area (Å²) < 4.78 is 26.0. The van der Waals surface area contributed by atoms with E-state index in [2.05, 4.69) is 0 Å². The van der Waals surface area contributed by atoms with Crippen molar-refractivity contribution in [3.8, 4) is 0 Å². The molecule has 0 saturated carbocycles. The van der Waals surface area contributed by atoms with Gasteiger partial charge in [0.15, 0.2) is 11.6 Å². The van der Waals surface area contributed by atoms with Crippen molar-refractivity contribution in [1.82, 2.24) is 0 Å². The zero-order valence-corrected chi connectivity index (χ0v) is 8.35. The molecule has 14 heavy (non-hydrogen) atoms. The van der Waals surface area contributed by atoms with Crippen molar-refractivity contribution in [2.75, 3.05) is 6.61 Å². The first-order valence-corrected chi connectivity index (χ1v) is 4.50. The molecule has 0 aliphatic heterocycles. The van der Waals surface area contributed by atoms with E-state index in [1.165, 1.54) is 12.1 Å². The summed E-state index contributed by atoms with van der Waals surface area (Å²) in [7, 11) is 0. The molecule has 0 radical (unpaired) electrons. The molecule has 0 amide bonds. The van der Waals surface area contributed by atoms with Crippen LogP contribution in [0.25, 0.3) is 0 Å². The molecule has 0 spiro atoms. The van der Waals surface area contributed by atoms with Crippen molar-refractivity contribution in [1.29, 1.82) is 0 Å². The Kier molecular flexibility index (Phi) is 3.21. The van der Waals surface area contributed by atoms with Gasteiger partial charge < -0.3 is 5.11 Å². The highest BCUT2D eigenvalue weighted by Gasteiger charge is 2.20. The number of hydrogen-bond donors (Lipinski definition) is 1. The fourth-order valence-electron chi connectivity index (χ4n) is 1.26. The molecule has 1 aromatic rings. The molecule has 1 nitrogen and oxygen atoms in total. The van der Waals surface area contributed by atoms with Gasteiger partial charge in [0.1, 0.15) is 0 Å². The summed E-state index contributed by atoms with van der Waals surface area (Å²) in [5.74, 6) is -1.65. The van der Waals surface area contributed by atoms with Crippen LogP contribution in [0.15, 0.2) is 18.2 Å². The smallest absolute Gasteiger partial charge is 0.162 e. The van der Waals surface area contributed by atoms with Crippen molar-refractivity contribution in [3.05, 3.63) is 35.4 Å². The highest BCUT2D eigenvalue weighted by Crippen LogP contribution is 2.23. The average molecular weight is 200 g/mol. The van der Waals surface area contributed by atoms with E-state index in [0.29, 0.717) is 12.0 Å². The predicted octanol–water partition coefficient (Wildman–Crippen LogP) is 2.53. The molecule has 0 fully saturated rings. The zero-order chi connectivity index (χ0) is 10.8. The van der Waals surface area contributed by atoms with Crippen LogP contribution in [0.5, 0.6) is 0 Å². The Bertz CT molecular complexity index is 321. The van der Waals surface area contributed by atoms with E-state index >= 15 is 0 Å². The van der Waals surface area contributed by atoms with Crippen LogP contribution in [0.2, 0.25) is 0 Å². The van der Waals surface area contributed by atoms with Gasteiger partial charge in [0.2, 0.25) is 0 Å². The minimum Gasteiger partial charge on any atom is -0.396 e.